The molecule has 0 bridgehead atoms. The van der Waals surface area contributed by atoms with Gasteiger partial charge in [0.1, 0.15) is 5.69 Å². The van der Waals surface area contributed by atoms with Gasteiger partial charge in [0, 0.05) is 26.2 Å². The van der Waals surface area contributed by atoms with Gasteiger partial charge in [-0.25, -0.2) is 0 Å². The molecule has 164 valence electrons. The van der Waals surface area contributed by atoms with E-state index in [1.165, 1.54) is 12.0 Å². The van der Waals surface area contributed by atoms with Crippen LogP contribution in [0.3, 0.4) is 0 Å². The number of amides is 2. The SMILES string of the molecule is Cc1cc(C(=O)N2CCC(N3C(=O)C4(CCCCC4)C3c3ccccc3)CC2)n(C)n1. The number of carbonyl (C=O) groups is 2. The fourth-order valence-electron chi connectivity index (χ4n) is 6.17. The Morgan fingerprint density at radius 1 is 1.06 bits per heavy atom. The molecule has 6 nitrogen and oxygen atoms in total. The molecule has 1 saturated carbocycles. The molecular formula is C25H32N4O2. The number of carbonyl (C=O) groups excluding carboxylic acids is 2. The van der Waals surface area contributed by atoms with Crippen molar-refractivity contribution in [2.45, 2.75) is 64.0 Å². The van der Waals surface area contributed by atoms with E-state index in [1.807, 2.05) is 31.0 Å². The molecule has 2 saturated heterocycles. The minimum absolute atomic E-state index is 0.0415. The number of hydrogen-bond donors (Lipinski definition) is 0. The van der Waals surface area contributed by atoms with Crippen molar-refractivity contribution in [3.8, 4) is 0 Å². The fraction of sp³-hybridized carbons (Fsp3) is 0.560. The van der Waals surface area contributed by atoms with Crippen LogP contribution in [0.2, 0.25) is 0 Å². The van der Waals surface area contributed by atoms with Crippen molar-refractivity contribution in [3.05, 3.63) is 53.3 Å². The van der Waals surface area contributed by atoms with E-state index in [0.717, 1.165) is 44.2 Å². The summed E-state index contributed by atoms with van der Waals surface area (Å²) in [6.45, 7) is 3.28. The molecule has 3 fully saturated rings. The summed E-state index contributed by atoms with van der Waals surface area (Å²) in [5.74, 6) is 0.396. The van der Waals surface area contributed by atoms with Gasteiger partial charge in [-0.2, -0.15) is 5.10 Å². The Hall–Kier alpha value is -2.63. The molecule has 3 aliphatic rings. The highest BCUT2D eigenvalue weighted by molar-refractivity contribution is 5.93. The van der Waals surface area contributed by atoms with E-state index in [0.29, 0.717) is 24.7 Å². The van der Waals surface area contributed by atoms with Crippen LogP contribution in [0.5, 0.6) is 0 Å². The van der Waals surface area contributed by atoms with E-state index < -0.39 is 0 Å². The Bertz CT molecular complexity index is 969. The molecular weight excluding hydrogens is 388 g/mol. The third-order valence-corrected chi connectivity index (χ3v) is 7.69. The van der Waals surface area contributed by atoms with Crippen molar-refractivity contribution in [1.29, 1.82) is 0 Å². The van der Waals surface area contributed by atoms with Crippen molar-refractivity contribution in [2.24, 2.45) is 12.5 Å². The molecule has 6 heteroatoms. The lowest BCUT2D eigenvalue weighted by molar-refractivity contribution is -0.186. The van der Waals surface area contributed by atoms with Crippen molar-refractivity contribution in [2.75, 3.05) is 13.1 Å². The standard InChI is InChI=1S/C25H32N4O2/c1-18-17-21(27(2)26-18)23(30)28-15-11-20(12-16-28)29-22(19-9-5-3-6-10-19)25(24(29)31)13-7-4-8-14-25/h3,5-6,9-10,17,20,22H,4,7-8,11-16H2,1-2H3. The molecule has 1 aliphatic carbocycles. The van der Waals surface area contributed by atoms with Crippen molar-refractivity contribution < 1.29 is 9.59 Å². The lowest BCUT2D eigenvalue weighted by Crippen LogP contribution is -2.67. The van der Waals surface area contributed by atoms with Crippen LogP contribution < -0.4 is 0 Å². The van der Waals surface area contributed by atoms with Crippen molar-refractivity contribution in [1.82, 2.24) is 19.6 Å². The summed E-state index contributed by atoms with van der Waals surface area (Å²) < 4.78 is 1.67. The summed E-state index contributed by atoms with van der Waals surface area (Å²) in [6, 6.07) is 12.8. The van der Waals surface area contributed by atoms with Gasteiger partial charge in [-0.3, -0.25) is 14.3 Å². The summed E-state index contributed by atoms with van der Waals surface area (Å²) in [6.07, 6.45) is 7.25. The van der Waals surface area contributed by atoms with E-state index in [4.69, 9.17) is 0 Å². The highest BCUT2D eigenvalue weighted by Crippen LogP contribution is 2.59. The molecule has 2 aliphatic heterocycles. The largest absolute Gasteiger partial charge is 0.337 e. The van der Waals surface area contributed by atoms with E-state index in [9.17, 15) is 9.59 Å². The van der Waals surface area contributed by atoms with Crippen LogP contribution in [-0.4, -0.2) is 50.5 Å². The summed E-state index contributed by atoms with van der Waals surface area (Å²) >= 11 is 0. The highest BCUT2D eigenvalue weighted by Gasteiger charge is 2.62. The van der Waals surface area contributed by atoms with E-state index >= 15 is 0 Å². The number of piperidine rings is 1. The van der Waals surface area contributed by atoms with Gasteiger partial charge >= 0.3 is 0 Å². The van der Waals surface area contributed by atoms with Crippen LogP contribution in [0, 0.1) is 12.3 Å². The van der Waals surface area contributed by atoms with Crippen molar-refractivity contribution in [3.63, 3.8) is 0 Å². The monoisotopic (exact) mass is 420 g/mol. The normalized spacial score (nSPS) is 23.8. The molecule has 1 unspecified atom stereocenters. The van der Waals surface area contributed by atoms with Crippen LogP contribution in [0.1, 0.15) is 72.7 Å². The number of β-lactam (4-membered cyclic amide) rings is 1. The molecule has 2 aromatic rings. The zero-order chi connectivity index (χ0) is 21.6. The zero-order valence-electron chi connectivity index (χ0n) is 18.6. The van der Waals surface area contributed by atoms with Crippen LogP contribution in [0.15, 0.2) is 36.4 Å². The first-order valence-corrected chi connectivity index (χ1v) is 11.7. The van der Waals surface area contributed by atoms with Gasteiger partial charge in [-0.05, 0) is 44.2 Å². The minimum Gasteiger partial charge on any atom is -0.337 e. The number of benzene rings is 1. The first-order chi connectivity index (χ1) is 15.0. The Labute approximate surface area is 184 Å². The maximum Gasteiger partial charge on any atom is 0.272 e. The average Bonchev–Trinajstić information content (AvgIpc) is 3.15. The minimum atomic E-state index is -0.196. The Morgan fingerprint density at radius 3 is 2.35 bits per heavy atom. The van der Waals surface area contributed by atoms with Gasteiger partial charge in [-0.15, -0.1) is 0 Å². The maximum absolute atomic E-state index is 13.5. The van der Waals surface area contributed by atoms with E-state index in [1.54, 1.807) is 4.68 Å². The van der Waals surface area contributed by atoms with Crippen LogP contribution >= 0.6 is 0 Å². The molecule has 1 aromatic carbocycles. The highest BCUT2D eigenvalue weighted by atomic mass is 16.2. The molecule has 1 aromatic heterocycles. The third-order valence-electron chi connectivity index (χ3n) is 7.69. The Kier molecular flexibility index (Phi) is 5.11. The fourth-order valence-corrected chi connectivity index (χ4v) is 6.17. The first kappa shape index (κ1) is 20.3. The summed E-state index contributed by atoms with van der Waals surface area (Å²) in [5, 5.41) is 4.31. The van der Waals surface area contributed by atoms with Crippen LogP contribution in [0.4, 0.5) is 0 Å². The summed E-state index contributed by atoms with van der Waals surface area (Å²) in [4.78, 5) is 30.6. The van der Waals surface area contributed by atoms with E-state index in [-0.39, 0.29) is 23.4 Å². The lowest BCUT2D eigenvalue weighted by atomic mass is 9.59. The number of aromatic nitrogens is 2. The second-order valence-electron chi connectivity index (χ2n) is 9.56. The predicted molar refractivity (Wildman–Crippen MR) is 118 cm³/mol. The van der Waals surface area contributed by atoms with Gasteiger partial charge in [0.2, 0.25) is 5.91 Å². The van der Waals surface area contributed by atoms with Gasteiger partial charge in [0.15, 0.2) is 0 Å². The van der Waals surface area contributed by atoms with Crippen LogP contribution in [0.25, 0.3) is 0 Å². The first-order valence-electron chi connectivity index (χ1n) is 11.7. The number of aryl methyl sites for hydroxylation is 2. The van der Waals surface area contributed by atoms with Crippen LogP contribution in [-0.2, 0) is 11.8 Å². The third kappa shape index (κ3) is 3.27. The number of nitrogens with zero attached hydrogens (tertiary/aromatic N) is 4. The number of rotatable bonds is 3. The second-order valence-corrected chi connectivity index (χ2v) is 9.56. The Morgan fingerprint density at radius 2 is 1.74 bits per heavy atom. The second kappa shape index (κ2) is 7.81. The van der Waals surface area contributed by atoms with Gasteiger partial charge in [0.05, 0.1) is 17.2 Å². The van der Waals surface area contributed by atoms with Gasteiger partial charge in [-0.1, -0.05) is 49.6 Å². The number of hydrogen-bond acceptors (Lipinski definition) is 3. The molecule has 3 heterocycles. The smallest absolute Gasteiger partial charge is 0.272 e. The van der Waals surface area contributed by atoms with Gasteiger partial charge < -0.3 is 9.80 Å². The molecule has 5 rings (SSSR count). The van der Waals surface area contributed by atoms with E-state index in [2.05, 4.69) is 34.3 Å². The maximum atomic E-state index is 13.5. The topological polar surface area (TPSA) is 58.4 Å². The zero-order valence-corrected chi connectivity index (χ0v) is 18.6. The predicted octanol–water partition coefficient (Wildman–Crippen LogP) is 3.87. The summed E-state index contributed by atoms with van der Waals surface area (Å²) in [7, 11) is 1.82. The molecule has 2 amide bonds. The van der Waals surface area contributed by atoms with Gasteiger partial charge in [0.25, 0.3) is 5.91 Å². The molecule has 0 N–H and O–H groups in total. The van der Waals surface area contributed by atoms with Crippen molar-refractivity contribution >= 4 is 11.8 Å². The summed E-state index contributed by atoms with van der Waals surface area (Å²) in [5.41, 5.74) is 2.57. The lowest BCUT2D eigenvalue weighted by Gasteiger charge is -2.61. The quantitative estimate of drug-likeness (QED) is 0.709. The molecule has 31 heavy (non-hydrogen) atoms. The molecule has 1 atom stereocenters. The average molecular weight is 421 g/mol. The Balaban J connectivity index is 1.33. The molecule has 1 spiro atoms. The number of likely N-dealkylation sites (tertiary alicyclic amines) is 2. The molecule has 0 radical (unpaired) electrons.